The van der Waals surface area contributed by atoms with Gasteiger partial charge in [-0.25, -0.2) is 4.79 Å². The largest absolute Gasteiger partial charge is 0.494 e. The normalized spacial score (nSPS) is 10.3. The lowest BCUT2D eigenvalue weighted by atomic mass is 10.1. The average Bonchev–Trinajstić information content (AvgIpc) is 2.66. The fourth-order valence-electron chi connectivity index (χ4n) is 2.73. The highest BCUT2D eigenvalue weighted by atomic mass is 32.1. The van der Waals surface area contributed by atoms with E-state index in [-0.39, 0.29) is 5.11 Å². The standard InChI is InChI=1S/C21H26N2O4S/c1-2-15-13-18(9-10-19(15)20(24)25)27-12-5-3-4-11-26-17-8-6-7-16(14-17)23-21(22)28/h6-10,13-14H,2-5,11-12H2,1H3,(H,24,25)(H3,22,23,28). The lowest BCUT2D eigenvalue weighted by molar-refractivity contribution is 0.0695. The van der Waals surface area contributed by atoms with E-state index >= 15 is 0 Å². The van der Waals surface area contributed by atoms with Crippen molar-refractivity contribution in [1.29, 1.82) is 0 Å². The predicted octanol–water partition coefficient (Wildman–Crippen LogP) is 4.23. The topological polar surface area (TPSA) is 93.8 Å². The van der Waals surface area contributed by atoms with Gasteiger partial charge in [-0.15, -0.1) is 0 Å². The molecule has 28 heavy (non-hydrogen) atoms. The number of carboxylic acids is 1. The van der Waals surface area contributed by atoms with E-state index in [0.29, 0.717) is 30.9 Å². The van der Waals surface area contributed by atoms with E-state index in [1.54, 1.807) is 18.2 Å². The zero-order chi connectivity index (χ0) is 20.4. The van der Waals surface area contributed by atoms with E-state index in [1.807, 2.05) is 31.2 Å². The molecule has 0 aliphatic rings. The molecule has 7 heteroatoms. The molecule has 6 nitrogen and oxygen atoms in total. The van der Waals surface area contributed by atoms with Crippen molar-refractivity contribution in [3.63, 3.8) is 0 Å². The molecule has 2 aromatic rings. The van der Waals surface area contributed by atoms with Gasteiger partial charge in [0.15, 0.2) is 5.11 Å². The third-order valence-corrected chi connectivity index (χ3v) is 4.22. The molecule has 0 unspecified atom stereocenters. The smallest absolute Gasteiger partial charge is 0.335 e. The molecule has 150 valence electrons. The second kappa shape index (κ2) is 11.1. The molecule has 0 heterocycles. The van der Waals surface area contributed by atoms with Crippen LogP contribution in [0, 0.1) is 0 Å². The van der Waals surface area contributed by atoms with Crippen LogP contribution in [0.2, 0.25) is 0 Å². The van der Waals surface area contributed by atoms with Crippen molar-refractivity contribution in [1.82, 2.24) is 0 Å². The number of carboxylic acid groups (broad SMARTS) is 1. The molecule has 0 spiro atoms. The number of anilines is 1. The SMILES string of the molecule is CCc1cc(OCCCCCOc2cccc(NC(N)=S)c2)ccc1C(=O)O. The van der Waals surface area contributed by atoms with Gasteiger partial charge in [0.25, 0.3) is 0 Å². The number of aryl methyl sites for hydroxylation is 1. The van der Waals surface area contributed by atoms with Crippen LogP contribution in [-0.2, 0) is 6.42 Å². The monoisotopic (exact) mass is 402 g/mol. The lowest BCUT2D eigenvalue weighted by Gasteiger charge is -2.10. The van der Waals surface area contributed by atoms with Gasteiger partial charge in [0.2, 0.25) is 0 Å². The second-order valence-corrected chi connectivity index (χ2v) is 6.69. The zero-order valence-electron chi connectivity index (χ0n) is 15.9. The van der Waals surface area contributed by atoms with Gasteiger partial charge in [0.1, 0.15) is 11.5 Å². The Hall–Kier alpha value is -2.80. The molecule has 0 aliphatic heterocycles. The molecule has 0 saturated heterocycles. The highest BCUT2D eigenvalue weighted by molar-refractivity contribution is 7.80. The van der Waals surface area contributed by atoms with Crippen LogP contribution in [0.1, 0.15) is 42.1 Å². The molecule has 0 radical (unpaired) electrons. The van der Waals surface area contributed by atoms with Crippen molar-refractivity contribution < 1.29 is 19.4 Å². The van der Waals surface area contributed by atoms with E-state index < -0.39 is 5.97 Å². The number of nitrogens with two attached hydrogens (primary N) is 1. The van der Waals surface area contributed by atoms with Crippen molar-refractivity contribution in [3.8, 4) is 11.5 Å². The van der Waals surface area contributed by atoms with Gasteiger partial charge < -0.3 is 25.6 Å². The van der Waals surface area contributed by atoms with Crippen molar-refractivity contribution >= 4 is 29.0 Å². The Morgan fingerprint density at radius 3 is 2.36 bits per heavy atom. The summed E-state index contributed by atoms with van der Waals surface area (Å²) in [5, 5.41) is 12.3. The molecule has 0 aromatic heterocycles. The van der Waals surface area contributed by atoms with E-state index in [2.05, 4.69) is 5.32 Å². The van der Waals surface area contributed by atoms with Gasteiger partial charge in [-0.05, 0) is 73.8 Å². The summed E-state index contributed by atoms with van der Waals surface area (Å²) in [6, 6.07) is 12.6. The van der Waals surface area contributed by atoms with Crippen LogP contribution >= 0.6 is 12.2 Å². The minimum absolute atomic E-state index is 0.223. The molecule has 0 aliphatic carbocycles. The van der Waals surface area contributed by atoms with Crippen LogP contribution in [0.15, 0.2) is 42.5 Å². The van der Waals surface area contributed by atoms with E-state index in [0.717, 1.165) is 36.3 Å². The minimum atomic E-state index is -0.907. The Morgan fingerprint density at radius 2 is 1.75 bits per heavy atom. The predicted molar refractivity (Wildman–Crippen MR) is 114 cm³/mol. The van der Waals surface area contributed by atoms with Crippen LogP contribution in [0.5, 0.6) is 11.5 Å². The van der Waals surface area contributed by atoms with Gasteiger partial charge in [0.05, 0.1) is 18.8 Å². The highest BCUT2D eigenvalue weighted by Gasteiger charge is 2.09. The van der Waals surface area contributed by atoms with Crippen LogP contribution in [-0.4, -0.2) is 29.4 Å². The van der Waals surface area contributed by atoms with Gasteiger partial charge in [-0.3, -0.25) is 0 Å². The summed E-state index contributed by atoms with van der Waals surface area (Å²) in [5.41, 5.74) is 7.38. The van der Waals surface area contributed by atoms with Gasteiger partial charge >= 0.3 is 5.97 Å². The van der Waals surface area contributed by atoms with Crippen molar-refractivity contribution in [2.24, 2.45) is 5.73 Å². The van der Waals surface area contributed by atoms with Gasteiger partial charge in [0, 0.05) is 11.8 Å². The first-order valence-corrected chi connectivity index (χ1v) is 9.68. The maximum atomic E-state index is 11.2. The Kier molecular flexibility index (Phi) is 8.55. The first kappa shape index (κ1) is 21.5. The summed E-state index contributed by atoms with van der Waals surface area (Å²) in [5.74, 6) is 0.568. The third-order valence-electron chi connectivity index (χ3n) is 4.12. The molecule has 2 aromatic carbocycles. The molecule has 0 fully saturated rings. The molecular weight excluding hydrogens is 376 g/mol. The van der Waals surface area contributed by atoms with Crippen LogP contribution in [0.3, 0.4) is 0 Å². The second-order valence-electron chi connectivity index (χ2n) is 6.25. The highest BCUT2D eigenvalue weighted by Crippen LogP contribution is 2.20. The number of hydrogen-bond acceptors (Lipinski definition) is 4. The maximum absolute atomic E-state index is 11.2. The molecule has 2 rings (SSSR count). The van der Waals surface area contributed by atoms with Gasteiger partial charge in [-0.2, -0.15) is 0 Å². The maximum Gasteiger partial charge on any atom is 0.335 e. The Bertz CT molecular complexity index is 811. The molecular formula is C21H26N2O4S. The zero-order valence-corrected chi connectivity index (χ0v) is 16.8. The Morgan fingerprint density at radius 1 is 1.07 bits per heavy atom. The van der Waals surface area contributed by atoms with Crippen molar-refractivity contribution in [2.75, 3.05) is 18.5 Å². The average molecular weight is 403 g/mol. The first-order chi connectivity index (χ1) is 13.5. The van der Waals surface area contributed by atoms with Crippen molar-refractivity contribution in [3.05, 3.63) is 53.6 Å². The van der Waals surface area contributed by atoms with E-state index in [4.69, 9.17) is 32.5 Å². The number of ether oxygens (including phenoxy) is 2. The van der Waals surface area contributed by atoms with Crippen LogP contribution in [0.25, 0.3) is 0 Å². The molecule has 0 atom stereocenters. The third kappa shape index (κ3) is 7.08. The quantitative estimate of drug-likeness (QED) is 0.382. The fourth-order valence-corrected chi connectivity index (χ4v) is 2.85. The summed E-state index contributed by atoms with van der Waals surface area (Å²) in [7, 11) is 0. The number of aromatic carboxylic acids is 1. The van der Waals surface area contributed by atoms with Crippen LogP contribution < -0.4 is 20.5 Å². The Labute approximate surface area is 170 Å². The summed E-state index contributed by atoms with van der Waals surface area (Å²) in [6.45, 7) is 3.13. The summed E-state index contributed by atoms with van der Waals surface area (Å²) in [4.78, 5) is 11.2. The lowest BCUT2D eigenvalue weighted by Crippen LogP contribution is -2.18. The number of benzene rings is 2. The van der Waals surface area contributed by atoms with Gasteiger partial charge in [-0.1, -0.05) is 13.0 Å². The number of rotatable bonds is 11. The molecule has 0 bridgehead atoms. The molecule has 0 saturated carbocycles. The van der Waals surface area contributed by atoms with Crippen molar-refractivity contribution in [2.45, 2.75) is 32.6 Å². The number of thiocarbonyl (C=S) groups is 1. The van der Waals surface area contributed by atoms with Crippen LogP contribution in [0.4, 0.5) is 5.69 Å². The summed E-state index contributed by atoms with van der Waals surface area (Å²) >= 11 is 4.82. The molecule has 4 N–H and O–H groups in total. The summed E-state index contributed by atoms with van der Waals surface area (Å²) < 4.78 is 11.5. The number of nitrogens with one attached hydrogen (secondary N) is 1. The van der Waals surface area contributed by atoms with E-state index in [1.165, 1.54) is 0 Å². The fraction of sp³-hybridized carbons (Fsp3) is 0.333. The Balaban J connectivity index is 1.66. The number of hydrogen-bond donors (Lipinski definition) is 3. The van der Waals surface area contributed by atoms with E-state index in [9.17, 15) is 4.79 Å². The molecule has 0 amide bonds. The number of unbranched alkanes of at least 4 members (excludes halogenated alkanes) is 2. The minimum Gasteiger partial charge on any atom is -0.494 e. The summed E-state index contributed by atoms with van der Waals surface area (Å²) in [6.07, 6.45) is 3.44. The number of carbonyl (C=O) groups is 1. The first-order valence-electron chi connectivity index (χ1n) is 9.28.